The summed E-state index contributed by atoms with van der Waals surface area (Å²) < 4.78 is 21.1. The van der Waals surface area contributed by atoms with E-state index in [1.54, 1.807) is 24.3 Å². The summed E-state index contributed by atoms with van der Waals surface area (Å²) in [6.07, 6.45) is 3.71. The van der Waals surface area contributed by atoms with Crippen molar-refractivity contribution in [3.05, 3.63) is 78.9 Å². The molecule has 140 valence electrons. The zero-order valence-electron chi connectivity index (χ0n) is 14.8. The van der Waals surface area contributed by atoms with Crippen LogP contribution in [0.25, 0.3) is 16.9 Å². The Hall–Kier alpha value is -3.87. The Bertz CT molecular complexity index is 1140. The molecule has 6 nitrogen and oxygen atoms in total. The van der Waals surface area contributed by atoms with E-state index >= 15 is 0 Å². The highest BCUT2D eigenvalue weighted by molar-refractivity contribution is 5.92. The fourth-order valence-corrected chi connectivity index (χ4v) is 2.79. The fraction of sp³-hybridized carbons (Fsp3) is 0.0476. The number of amides is 1. The second-order valence-electron chi connectivity index (χ2n) is 6.17. The molecule has 4 rings (SSSR count). The lowest BCUT2D eigenvalue weighted by Crippen LogP contribution is -2.21. The van der Waals surface area contributed by atoms with Crippen LogP contribution in [0.3, 0.4) is 0 Å². The van der Waals surface area contributed by atoms with Gasteiger partial charge in [-0.2, -0.15) is 0 Å². The van der Waals surface area contributed by atoms with Gasteiger partial charge in [-0.3, -0.25) is 4.79 Å². The van der Waals surface area contributed by atoms with E-state index in [0.29, 0.717) is 17.1 Å². The second kappa shape index (κ2) is 7.40. The van der Waals surface area contributed by atoms with E-state index in [-0.39, 0.29) is 12.3 Å². The summed E-state index contributed by atoms with van der Waals surface area (Å²) >= 11 is 0. The number of benzene rings is 2. The highest BCUT2D eigenvalue weighted by Crippen LogP contribution is 2.25. The zero-order valence-corrected chi connectivity index (χ0v) is 14.8. The van der Waals surface area contributed by atoms with E-state index in [1.807, 2.05) is 41.1 Å². The van der Waals surface area contributed by atoms with Crippen molar-refractivity contribution in [3.63, 3.8) is 0 Å². The van der Waals surface area contributed by atoms with Crippen LogP contribution in [0.5, 0.6) is 5.75 Å². The Kier molecular flexibility index (Phi) is 4.63. The first-order valence-corrected chi connectivity index (χ1v) is 8.61. The Balaban J connectivity index is 1.51. The van der Waals surface area contributed by atoms with Crippen LogP contribution in [0, 0.1) is 5.82 Å². The van der Waals surface area contributed by atoms with E-state index in [4.69, 9.17) is 10.5 Å². The quantitative estimate of drug-likeness (QED) is 0.520. The van der Waals surface area contributed by atoms with E-state index < -0.39 is 11.7 Å². The van der Waals surface area contributed by atoms with Crippen LogP contribution in [0.15, 0.2) is 73.1 Å². The van der Waals surface area contributed by atoms with Gasteiger partial charge >= 0.3 is 0 Å². The number of hydrogen-bond acceptors (Lipinski definition) is 4. The van der Waals surface area contributed by atoms with Crippen molar-refractivity contribution in [2.24, 2.45) is 0 Å². The minimum absolute atomic E-state index is 0.112. The first-order chi connectivity index (χ1) is 13.6. The number of rotatable bonds is 5. The lowest BCUT2D eigenvalue weighted by atomic mass is 10.1. The maximum absolute atomic E-state index is 13.6. The molecule has 0 fully saturated rings. The number of imidazole rings is 1. The number of ether oxygens (including phenoxy) is 1. The summed E-state index contributed by atoms with van der Waals surface area (Å²) in [5, 5.41) is 2.49. The van der Waals surface area contributed by atoms with Gasteiger partial charge in [-0.05, 0) is 36.4 Å². The van der Waals surface area contributed by atoms with Gasteiger partial charge in [-0.25, -0.2) is 9.37 Å². The zero-order chi connectivity index (χ0) is 19.5. The predicted octanol–water partition coefficient (Wildman–Crippen LogP) is 3.74. The Morgan fingerprint density at radius 1 is 1.11 bits per heavy atom. The molecule has 0 atom stereocenters. The summed E-state index contributed by atoms with van der Waals surface area (Å²) in [5.74, 6) is -0.510. The van der Waals surface area contributed by atoms with Crippen molar-refractivity contribution >= 4 is 22.9 Å². The Morgan fingerprint density at radius 3 is 2.68 bits per heavy atom. The van der Waals surface area contributed by atoms with Crippen LogP contribution in [0.2, 0.25) is 0 Å². The van der Waals surface area contributed by atoms with E-state index in [9.17, 15) is 9.18 Å². The monoisotopic (exact) mass is 376 g/mol. The molecule has 2 aromatic heterocycles. The number of nitrogens with two attached hydrogens (primary N) is 1. The first kappa shape index (κ1) is 17.5. The van der Waals surface area contributed by atoms with Crippen molar-refractivity contribution < 1.29 is 13.9 Å². The van der Waals surface area contributed by atoms with Gasteiger partial charge in [-0.15, -0.1) is 0 Å². The molecule has 2 heterocycles. The molecule has 0 aliphatic rings. The van der Waals surface area contributed by atoms with Gasteiger partial charge in [0.15, 0.2) is 18.0 Å². The smallest absolute Gasteiger partial charge is 0.262 e. The fourth-order valence-electron chi connectivity index (χ4n) is 2.79. The third-order valence-corrected chi connectivity index (χ3v) is 4.16. The molecule has 7 heteroatoms. The maximum atomic E-state index is 13.6. The van der Waals surface area contributed by atoms with Crippen LogP contribution in [0.4, 0.5) is 15.8 Å². The number of carbonyl (C=O) groups is 1. The molecular weight excluding hydrogens is 359 g/mol. The number of pyridine rings is 1. The number of halogens is 1. The van der Waals surface area contributed by atoms with Crippen molar-refractivity contribution in [2.75, 3.05) is 17.7 Å². The number of nitrogens with zero attached hydrogens (tertiary/aromatic N) is 2. The summed E-state index contributed by atoms with van der Waals surface area (Å²) in [7, 11) is 0. The number of fused-ring (bicyclic) bond motifs is 1. The standard InChI is InChI=1S/C21H17FN4O2/c22-16-4-1-2-5-17(16)24-20(27)13-28-19-6-3-11-26-12-18(25-21(19)26)14-7-9-15(23)10-8-14/h1-12H,13,23H2,(H,24,27). The van der Waals surface area contributed by atoms with Gasteiger partial charge in [0.1, 0.15) is 5.82 Å². The van der Waals surface area contributed by atoms with Crippen molar-refractivity contribution in [3.8, 4) is 17.0 Å². The molecule has 0 aliphatic heterocycles. The minimum Gasteiger partial charge on any atom is -0.480 e. The summed E-state index contributed by atoms with van der Waals surface area (Å²) in [4.78, 5) is 16.7. The number of nitrogens with one attached hydrogen (secondary N) is 1. The predicted molar refractivity (Wildman–Crippen MR) is 106 cm³/mol. The lowest BCUT2D eigenvalue weighted by molar-refractivity contribution is -0.118. The van der Waals surface area contributed by atoms with Crippen LogP contribution < -0.4 is 15.8 Å². The largest absolute Gasteiger partial charge is 0.480 e. The molecule has 2 aromatic carbocycles. The highest BCUT2D eigenvalue weighted by Gasteiger charge is 2.12. The highest BCUT2D eigenvalue weighted by atomic mass is 19.1. The van der Waals surface area contributed by atoms with Crippen molar-refractivity contribution in [1.29, 1.82) is 0 Å². The summed E-state index contributed by atoms with van der Waals surface area (Å²) in [6, 6.07) is 16.9. The van der Waals surface area contributed by atoms with Crippen LogP contribution in [-0.4, -0.2) is 21.9 Å². The molecule has 3 N–H and O–H groups in total. The molecule has 0 bridgehead atoms. The maximum Gasteiger partial charge on any atom is 0.262 e. The summed E-state index contributed by atoms with van der Waals surface area (Å²) in [6.45, 7) is -0.266. The number of anilines is 2. The minimum atomic E-state index is -0.501. The number of carbonyl (C=O) groups excluding carboxylic acids is 1. The van der Waals surface area contributed by atoms with Gasteiger partial charge in [0.05, 0.1) is 11.4 Å². The van der Waals surface area contributed by atoms with E-state index in [2.05, 4.69) is 10.3 Å². The number of para-hydroxylation sites is 1. The molecule has 1 amide bonds. The molecule has 0 unspecified atom stereocenters. The topological polar surface area (TPSA) is 81.6 Å². The third kappa shape index (κ3) is 3.64. The van der Waals surface area contributed by atoms with E-state index in [0.717, 1.165) is 11.3 Å². The molecule has 0 spiro atoms. The molecule has 4 aromatic rings. The normalized spacial score (nSPS) is 10.8. The lowest BCUT2D eigenvalue weighted by Gasteiger charge is -2.08. The van der Waals surface area contributed by atoms with Crippen molar-refractivity contribution in [2.45, 2.75) is 0 Å². The molecule has 0 radical (unpaired) electrons. The second-order valence-corrected chi connectivity index (χ2v) is 6.17. The average Bonchev–Trinajstić information content (AvgIpc) is 3.13. The van der Waals surface area contributed by atoms with Gasteiger partial charge in [0.2, 0.25) is 0 Å². The van der Waals surface area contributed by atoms with Gasteiger partial charge in [0, 0.05) is 23.6 Å². The first-order valence-electron chi connectivity index (χ1n) is 8.61. The number of aromatic nitrogens is 2. The van der Waals surface area contributed by atoms with Gasteiger partial charge in [-0.1, -0.05) is 24.3 Å². The van der Waals surface area contributed by atoms with Gasteiger partial charge < -0.3 is 20.2 Å². The van der Waals surface area contributed by atoms with Crippen LogP contribution >= 0.6 is 0 Å². The van der Waals surface area contributed by atoms with Crippen molar-refractivity contribution in [1.82, 2.24) is 9.38 Å². The van der Waals surface area contributed by atoms with E-state index in [1.165, 1.54) is 12.1 Å². The average molecular weight is 376 g/mol. The Morgan fingerprint density at radius 2 is 1.89 bits per heavy atom. The summed E-state index contributed by atoms with van der Waals surface area (Å²) in [5.41, 5.74) is 8.77. The third-order valence-electron chi connectivity index (χ3n) is 4.16. The number of hydrogen-bond donors (Lipinski definition) is 2. The van der Waals surface area contributed by atoms with Gasteiger partial charge in [0.25, 0.3) is 5.91 Å². The molecule has 0 saturated heterocycles. The molecule has 0 aliphatic carbocycles. The van der Waals surface area contributed by atoms with Crippen LogP contribution in [-0.2, 0) is 4.79 Å². The molecule has 28 heavy (non-hydrogen) atoms. The molecule has 0 saturated carbocycles. The number of nitrogen functional groups attached to an aromatic ring is 1. The SMILES string of the molecule is Nc1ccc(-c2cn3cccc(OCC(=O)Nc4ccccc4F)c3n2)cc1. The van der Waals surface area contributed by atoms with Crippen LogP contribution in [0.1, 0.15) is 0 Å². The molecular formula is C21H17FN4O2. The Labute approximate surface area is 160 Å².